The highest BCUT2D eigenvalue weighted by molar-refractivity contribution is 5.91. The van der Waals surface area contributed by atoms with Crippen molar-refractivity contribution in [2.75, 3.05) is 38.6 Å². The number of aromatic nitrogens is 1. The van der Waals surface area contributed by atoms with Gasteiger partial charge >= 0.3 is 0 Å². The van der Waals surface area contributed by atoms with Crippen LogP contribution in [0, 0.1) is 0 Å². The second-order valence-electron chi connectivity index (χ2n) is 4.70. The number of nitrogens with zero attached hydrogens (tertiary/aromatic N) is 2. The van der Waals surface area contributed by atoms with Crippen LogP contribution in [0.1, 0.15) is 13.8 Å². The van der Waals surface area contributed by atoms with Crippen molar-refractivity contribution in [3.63, 3.8) is 0 Å². The van der Waals surface area contributed by atoms with Crippen molar-refractivity contribution >= 4 is 16.6 Å². The van der Waals surface area contributed by atoms with E-state index in [1.807, 2.05) is 24.4 Å². The summed E-state index contributed by atoms with van der Waals surface area (Å²) in [5.74, 6) is 0.838. The molecular formula is C16H23N3O. The van der Waals surface area contributed by atoms with Gasteiger partial charge in [-0.15, -0.1) is 0 Å². The summed E-state index contributed by atoms with van der Waals surface area (Å²) in [4.78, 5) is 6.80. The summed E-state index contributed by atoms with van der Waals surface area (Å²) in [5, 5.41) is 4.63. The summed E-state index contributed by atoms with van der Waals surface area (Å²) in [6, 6.07) is 8.02. The van der Waals surface area contributed by atoms with Crippen molar-refractivity contribution in [3.05, 3.63) is 30.5 Å². The standard InChI is InChI=1S/C16H23N3O/c1-4-19(5-2)11-10-18-15-8-9-17-16-12-13(20-3)6-7-14(15)16/h6-9,12H,4-5,10-11H2,1-3H3,(H,17,18). The highest BCUT2D eigenvalue weighted by Gasteiger charge is 2.04. The lowest BCUT2D eigenvalue weighted by Gasteiger charge is -2.18. The van der Waals surface area contributed by atoms with Gasteiger partial charge in [0.15, 0.2) is 0 Å². The van der Waals surface area contributed by atoms with Crippen molar-refractivity contribution in [3.8, 4) is 5.75 Å². The van der Waals surface area contributed by atoms with Gasteiger partial charge in [0.2, 0.25) is 0 Å². The third-order valence-corrected chi connectivity index (χ3v) is 3.59. The molecule has 0 bridgehead atoms. The fourth-order valence-corrected chi connectivity index (χ4v) is 2.30. The van der Waals surface area contributed by atoms with E-state index in [0.717, 1.165) is 48.5 Å². The van der Waals surface area contributed by atoms with Crippen LogP contribution in [0.2, 0.25) is 0 Å². The zero-order chi connectivity index (χ0) is 14.4. The number of pyridine rings is 1. The number of methoxy groups -OCH3 is 1. The predicted octanol–water partition coefficient (Wildman–Crippen LogP) is 3.00. The Kier molecular flexibility index (Phi) is 5.18. The second-order valence-corrected chi connectivity index (χ2v) is 4.70. The normalized spacial score (nSPS) is 11.0. The van der Waals surface area contributed by atoms with Crippen LogP contribution < -0.4 is 10.1 Å². The minimum Gasteiger partial charge on any atom is -0.497 e. The van der Waals surface area contributed by atoms with Gasteiger partial charge in [-0.05, 0) is 31.3 Å². The Hall–Kier alpha value is -1.81. The smallest absolute Gasteiger partial charge is 0.121 e. The van der Waals surface area contributed by atoms with E-state index in [0.29, 0.717) is 0 Å². The van der Waals surface area contributed by atoms with E-state index >= 15 is 0 Å². The van der Waals surface area contributed by atoms with E-state index in [2.05, 4.69) is 35.1 Å². The van der Waals surface area contributed by atoms with Crippen molar-refractivity contribution in [2.45, 2.75) is 13.8 Å². The van der Waals surface area contributed by atoms with Crippen LogP contribution in [-0.2, 0) is 0 Å². The number of hydrogen-bond donors (Lipinski definition) is 1. The van der Waals surface area contributed by atoms with E-state index in [-0.39, 0.29) is 0 Å². The quantitative estimate of drug-likeness (QED) is 0.841. The van der Waals surface area contributed by atoms with E-state index in [1.54, 1.807) is 7.11 Å². The number of nitrogens with one attached hydrogen (secondary N) is 1. The van der Waals surface area contributed by atoms with Gasteiger partial charge in [-0.25, -0.2) is 0 Å². The lowest BCUT2D eigenvalue weighted by Crippen LogP contribution is -2.28. The number of hydrogen-bond acceptors (Lipinski definition) is 4. The monoisotopic (exact) mass is 273 g/mol. The van der Waals surface area contributed by atoms with Crippen LogP contribution in [0.5, 0.6) is 5.75 Å². The number of ether oxygens (including phenoxy) is 1. The molecule has 2 rings (SSSR count). The van der Waals surface area contributed by atoms with Gasteiger partial charge in [-0.2, -0.15) is 0 Å². The van der Waals surface area contributed by atoms with Crippen LogP contribution in [0.15, 0.2) is 30.5 Å². The van der Waals surface area contributed by atoms with Crippen LogP contribution >= 0.6 is 0 Å². The molecule has 0 amide bonds. The molecule has 0 aliphatic rings. The average molecular weight is 273 g/mol. The topological polar surface area (TPSA) is 37.4 Å². The molecule has 0 unspecified atom stereocenters. The zero-order valence-electron chi connectivity index (χ0n) is 12.5. The first-order valence-electron chi connectivity index (χ1n) is 7.17. The summed E-state index contributed by atoms with van der Waals surface area (Å²) in [7, 11) is 1.67. The summed E-state index contributed by atoms with van der Waals surface area (Å²) in [6.45, 7) is 8.55. The van der Waals surface area contributed by atoms with E-state index < -0.39 is 0 Å². The molecule has 0 radical (unpaired) electrons. The lowest BCUT2D eigenvalue weighted by molar-refractivity contribution is 0.316. The molecule has 1 aromatic heterocycles. The SMILES string of the molecule is CCN(CC)CCNc1ccnc2cc(OC)ccc12. The maximum atomic E-state index is 5.24. The average Bonchev–Trinajstić information content (AvgIpc) is 2.51. The first-order chi connectivity index (χ1) is 9.78. The van der Waals surface area contributed by atoms with Gasteiger partial charge < -0.3 is 15.0 Å². The molecule has 0 saturated carbocycles. The van der Waals surface area contributed by atoms with Crippen molar-refractivity contribution in [1.82, 2.24) is 9.88 Å². The fourth-order valence-electron chi connectivity index (χ4n) is 2.30. The van der Waals surface area contributed by atoms with E-state index in [1.165, 1.54) is 0 Å². The Balaban J connectivity index is 2.10. The fraction of sp³-hybridized carbons (Fsp3) is 0.438. The molecule has 4 heteroatoms. The van der Waals surface area contributed by atoms with Gasteiger partial charge in [0, 0.05) is 36.4 Å². The Morgan fingerprint density at radius 3 is 2.70 bits per heavy atom. The second kappa shape index (κ2) is 7.10. The van der Waals surface area contributed by atoms with Crippen molar-refractivity contribution in [2.24, 2.45) is 0 Å². The Morgan fingerprint density at radius 1 is 1.20 bits per heavy atom. The van der Waals surface area contributed by atoms with Crippen LogP contribution in [0.25, 0.3) is 10.9 Å². The molecule has 0 fully saturated rings. The molecule has 1 N–H and O–H groups in total. The van der Waals surface area contributed by atoms with Crippen LogP contribution in [0.4, 0.5) is 5.69 Å². The zero-order valence-corrected chi connectivity index (χ0v) is 12.5. The number of rotatable bonds is 7. The van der Waals surface area contributed by atoms with E-state index in [4.69, 9.17) is 4.74 Å². The molecule has 1 aromatic carbocycles. The number of anilines is 1. The summed E-state index contributed by atoms with van der Waals surface area (Å²) in [5.41, 5.74) is 2.09. The first kappa shape index (κ1) is 14.6. The molecule has 0 spiro atoms. The molecule has 4 nitrogen and oxygen atoms in total. The van der Waals surface area contributed by atoms with Gasteiger partial charge in [-0.3, -0.25) is 4.98 Å². The van der Waals surface area contributed by atoms with Gasteiger partial charge in [0.05, 0.1) is 12.6 Å². The molecular weight excluding hydrogens is 250 g/mol. The van der Waals surface area contributed by atoms with Gasteiger partial charge in [0.25, 0.3) is 0 Å². The molecule has 0 atom stereocenters. The Bertz CT molecular complexity index is 552. The van der Waals surface area contributed by atoms with Crippen LogP contribution in [-0.4, -0.2) is 43.2 Å². The third-order valence-electron chi connectivity index (χ3n) is 3.59. The summed E-state index contributed by atoms with van der Waals surface area (Å²) >= 11 is 0. The Labute approximate surface area is 120 Å². The third kappa shape index (κ3) is 3.39. The largest absolute Gasteiger partial charge is 0.497 e. The van der Waals surface area contributed by atoms with Crippen molar-refractivity contribution in [1.29, 1.82) is 0 Å². The maximum Gasteiger partial charge on any atom is 0.121 e. The summed E-state index contributed by atoms with van der Waals surface area (Å²) < 4.78 is 5.24. The lowest BCUT2D eigenvalue weighted by atomic mass is 10.2. The number of fused-ring (bicyclic) bond motifs is 1. The molecule has 20 heavy (non-hydrogen) atoms. The van der Waals surface area contributed by atoms with Gasteiger partial charge in [-0.1, -0.05) is 13.8 Å². The molecule has 0 aliphatic heterocycles. The predicted molar refractivity (Wildman–Crippen MR) is 84.6 cm³/mol. The molecule has 108 valence electrons. The Morgan fingerprint density at radius 2 is 2.00 bits per heavy atom. The molecule has 0 saturated heterocycles. The highest BCUT2D eigenvalue weighted by Crippen LogP contribution is 2.25. The number of benzene rings is 1. The van der Waals surface area contributed by atoms with Crippen LogP contribution in [0.3, 0.4) is 0 Å². The van der Waals surface area contributed by atoms with Crippen molar-refractivity contribution < 1.29 is 4.74 Å². The van der Waals surface area contributed by atoms with Gasteiger partial charge in [0.1, 0.15) is 5.75 Å². The highest BCUT2D eigenvalue weighted by atomic mass is 16.5. The maximum absolute atomic E-state index is 5.24. The summed E-state index contributed by atoms with van der Waals surface area (Å²) in [6.07, 6.45) is 1.83. The first-order valence-corrected chi connectivity index (χ1v) is 7.17. The molecule has 1 heterocycles. The minimum atomic E-state index is 0.838. The van der Waals surface area contributed by atoms with E-state index in [9.17, 15) is 0 Å². The number of likely N-dealkylation sites (N-methyl/N-ethyl adjacent to an activating group) is 1. The molecule has 2 aromatic rings. The molecule has 0 aliphatic carbocycles. The minimum absolute atomic E-state index is 0.838.